The molecule has 1 saturated heterocycles. The Bertz CT molecular complexity index is 427. The number of benzene rings is 1. The van der Waals surface area contributed by atoms with E-state index >= 15 is 0 Å². The van der Waals surface area contributed by atoms with E-state index in [1.165, 1.54) is 6.07 Å². The van der Waals surface area contributed by atoms with Gasteiger partial charge in [-0.3, -0.25) is 4.90 Å². The first-order valence-corrected chi connectivity index (χ1v) is 7.43. The molecule has 0 saturated carbocycles. The van der Waals surface area contributed by atoms with E-state index in [1.54, 1.807) is 6.07 Å². The molecule has 0 aromatic heterocycles. The third-order valence-electron chi connectivity index (χ3n) is 4.10. The number of morpholine rings is 1. The summed E-state index contributed by atoms with van der Waals surface area (Å²) in [6.07, 6.45) is 1.30. The van der Waals surface area contributed by atoms with E-state index in [0.717, 1.165) is 31.7 Å². The Hall–Kier alpha value is -0.970. The number of nitrogens with one attached hydrogen (secondary N) is 1. The molecule has 1 heterocycles. The van der Waals surface area contributed by atoms with Crippen LogP contribution < -0.4 is 5.32 Å². The van der Waals surface area contributed by atoms with Gasteiger partial charge in [0, 0.05) is 30.7 Å². The van der Waals surface area contributed by atoms with Gasteiger partial charge < -0.3 is 10.1 Å². The first-order chi connectivity index (χ1) is 9.65. The number of ether oxygens (including phenoxy) is 1. The van der Waals surface area contributed by atoms with Crippen molar-refractivity contribution in [1.29, 1.82) is 0 Å². The lowest BCUT2D eigenvalue weighted by Gasteiger charge is -2.40. The molecule has 2 rings (SSSR count). The summed E-state index contributed by atoms with van der Waals surface area (Å²) in [5.74, 6) is -0.138. The third kappa shape index (κ3) is 3.57. The van der Waals surface area contributed by atoms with Crippen LogP contribution in [0.2, 0.25) is 0 Å². The number of hydrogen-bond acceptors (Lipinski definition) is 3. The fourth-order valence-electron chi connectivity index (χ4n) is 2.85. The van der Waals surface area contributed by atoms with Crippen molar-refractivity contribution in [3.05, 3.63) is 35.6 Å². The van der Waals surface area contributed by atoms with Crippen molar-refractivity contribution in [1.82, 2.24) is 10.2 Å². The Morgan fingerprint density at radius 1 is 1.45 bits per heavy atom. The Kier molecular flexibility index (Phi) is 5.52. The van der Waals surface area contributed by atoms with Crippen LogP contribution in [0.1, 0.15) is 31.9 Å². The zero-order chi connectivity index (χ0) is 14.5. The van der Waals surface area contributed by atoms with E-state index < -0.39 is 0 Å². The van der Waals surface area contributed by atoms with Crippen molar-refractivity contribution in [2.24, 2.45) is 0 Å². The van der Waals surface area contributed by atoms with Crippen molar-refractivity contribution < 1.29 is 9.13 Å². The predicted molar refractivity (Wildman–Crippen MR) is 79.3 cm³/mol. The molecule has 0 aliphatic carbocycles. The molecule has 1 aliphatic rings. The minimum absolute atomic E-state index is 0.00977. The minimum Gasteiger partial charge on any atom is -0.376 e. The van der Waals surface area contributed by atoms with E-state index in [-0.39, 0.29) is 18.0 Å². The lowest BCUT2D eigenvalue weighted by atomic mass is 10.0. The zero-order valence-corrected chi connectivity index (χ0v) is 12.6. The van der Waals surface area contributed by atoms with Crippen molar-refractivity contribution in [3.8, 4) is 0 Å². The van der Waals surface area contributed by atoms with Gasteiger partial charge in [0.15, 0.2) is 0 Å². The van der Waals surface area contributed by atoms with Crippen LogP contribution in [0.5, 0.6) is 0 Å². The van der Waals surface area contributed by atoms with Crippen molar-refractivity contribution in [2.75, 3.05) is 26.7 Å². The van der Waals surface area contributed by atoms with E-state index in [1.807, 2.05) is 19.2 Å². The van der Waals surface area contributed by atoms with Crippen LogP contribution >= 0.6 is 0 Å². The first-order valence-electron chi connectivity index (χ1n) is 7.43. The summed E-state index contributed by atoms with van der Waals surface area (Å²) in [5, 5.41) is 3.24. The van der Waals surface area contributed by atoms with Crippen LogP contribution in [-0.2, 0) is 4.74 Å². The number of hydrogen-bond donors (Lipinski definition) is 1. The highest BCUT2D eigenvalue weighted by Crippen LogP contribution is 2.22. The molecule has 3 nitrogen and oxygen atoms in total. The molecule has 1 N–H and O–H groups in total. The molecule has 3 unspecified atom stereocenters. The van der Waals surface area contributed by atoms with Gasteiger partial charge in [-0.15, -0.1) is 0 Å². The van der Waals surface area contributed by atoms with E-state index in [9.17, 15) is 4.39 Å². The Balaban J connectivity index is 2.10. The Labute approximate surface area is 121 Å². The normalized spacial score (nSPS) is 25.6. The fraction of sp³-hybridized carbons (Fsp3) is 0.625. The molecular weight excluding hydrogens is 255 g/mol. The summed E-state index contributed by atoms with van der Waals surface area (Å²) in [6.45, 7) is 6.75. The molecule has 0 spiro atoms. The van der Waals surface area contributed by atoms with Crippen LogP contribution in [0.25, 0.3) is 0 Å². The summed E-state index contributed by atoms with van der Waals surface area (Å²) >= 11 is 0. The van der Waals surface area contributed by atoms with E-state index in [4.69, 9.17) is 4.74 Å². The first kappa shape index (κ1) is 15.4. The maximum atomic E-state index is 14.0. The van der Waals surface area contributed by atoms with Crippen LogP contribution in [0.4, 0.5) is 4.39 Å². The molecule has 3 atom stereocenters. The SMILES string of the molecule is CCC1COC(C)CN1CC(NC)c1ccccc1F. The van der Waals surface area contributed by atoms with Crippen LogP contribution in [-0.4, -0.2) is 43.8 Å². The van der Waals surface area contributed by atoms with Crippen molar-refractivity contribution >= 4 is 0 Å². The van der Waals surface area contributed by atoms with Crippen LogP contribution in [0.15, 0.2) is 24.3 Å². The second kappa shape index (κ2) is 7.16. The molecule has 112 valence electrons. The quantitative estimate of drug-likeness (QED) is 0.897. The number of rotatable bonds is 5. The standard InChI is InChI=1S/C16H25FN2O/c1-4-13-11-20-12(2)9-19(13)10-16(18-3)14-7-5-6-8-15(14)17/h5-8,12-13,16,18H,4,9-11H2,1-3H3. The molecule has 0 amide bonds. The minimum atomic E-state index is -0.138. The van der Waals surface area contributed by atoms with Gasteiger partial charge in [-0.2, -0.15) is 0 Å². The van der Waals surface area contributed by atoms with Gasteiger partial charge in [0.25, 0.3) is 0 Å². The molecular formula is C16H25FN2O. The molecule has 1 fully saturated rings. The zero-order valence-electron chi connectivity index (χ0n) is 12.6. The second-order valence-electron chi connectivity index (χ2n) is 5.52. The average molecular weight is 280 g/mol. The van der Waals surface area contributed by atoms with Gasteiger partial charge >= 0.3 is 0 Å². The van der Waals surface area contributed by atoms with Gasteiger partial charge in [0.05, 0.1) is 12.7 Å². The largest absolute Gasteiger partial charge is 0.376 e. The molecule has 0 radical (unpaired) electrons. The topological polar surface area (TPSA) is 24.5 Å². The van der Waals surface area contributed by atoms with Gasteiger partial charge in [0.1, 0.15) is 5.82 Å². The number of likely N-dealkylation sites (N-methyl/N-ethyl adjacent to an activating group) is 1. The second-order valence-corrected chi connectivity index (χ2v) is 5.52. The van der Waals surface area contributed by atoms with E-state index in [0.29, 0.717) is 6.04 Å². The highest BCUT2D eigenvalue weighted by molar-refractivity contribution is 5.21. The predicted octanol–water partition coefficient (Wildman–Crippen LogP) is 2.59. The lowest BCUT2D eigenvalue weighted by Crippen LogP contribution is -2.51. The molecule has 1 aromatic carbocycles. The monoisotopic (exact) mass is 280 g/mol. The Morgan fingerprint density at radius 3 is 2.85 bits per heavy atom. The van der Waals surface area contributed by atoms with Gasteiger partial charge in [0.2, 0.25) is 0 Å². The van der Waals surface area contributed by atoms with Crippen molar-refractivity contribution in [3.63, 3.8) is 0 Å². The maximum absolute atomic E-state index is 14.0. The van der Waals surface area contributed by atoms with Gasteiger partial charge in [-0.1, -0.05) is 25.1 Å². The summed E-state index contributed by atoms with van der Waals surface area (Å²) in [6, 6.07) is 7.45. The Morgan fingerprint density at radius 2 is 2.20 bits per heavy atom. The highest BCUT2D eigenvalue weighted by Gasteiger charge is 2.28. The number of halogens is 1. The molecule has 1 aromatic rings. The summed E-state index contributed by atoms with van der Waals surface area (Å²) in [5.41, 5.74) is 0.740. The average Bonchev–Trinajstić information content (AvgIpc) is 2.46. The highest BCUT2D eigenvalue weighted by atomic mass is 19.1. The summed E-state index contributed by atoms with van der Waals surface area (Å²) < 4.78 is 19.7. The lowest BCUT2D eigenvalue weighted by molar-refractivity contribution is -0.0585. The molecule has 20 heavy (non-hydrogen) atoms. The van der Waals surface area contributed by atoms with Gasteiger partial charge in [-0.05, 0) is 26.5 Å². The molecule has 4 heteroatoms. The fourth-order valence-corrected chi connectivity index (χ4v) is 2.85. The van der Waals surface area contributed by atoms with Crippen LogP contribution in [0.3, 0.4) is 0 Å². The van der Waals surface area contributed by atoms with Gasteiger partial charge in [-0.25, -0.2) is 4.39 Å². The smallest absolute Gasteiger partial charge is 0.128 e. The molecule has 1 aliphatic heterocycles. The number of nitrogens with zero attached hydrogens (tertiary/aromatic N) is 1. The maximum Gasteiger partial charge on any atom is 0.128 e. The summed E-state index contributed by atoms with van der Waals surface area (Å²) in [4.78, 5) is 2.42. The van der Waals surface area contributed by atoms with Crippen LogP contribution in [0, 0.1) is 5.82 Å². The summed E-state index contributed by atoms with van der Waals surface area (Å²) in [7, 11) is 1.89. The third-order valence-corrected chi connectivity index (χ3v) is 4.10. The molecule has 0 bridgehead atoms. The van der Waals surface area contributed by atoms with Crippen molar-refractivity contribution in [2.45, 2.75) is 38.5 Å². The van der Waals surface area contributed by atoms with E-state index in [2.05, 4.69) is 24.1 Å².